The molecule has 0 unspecified atom stereocenters. The fourth-order valence-electron chi connectivity index (χ4n) is 4.63. The van der Waals surface area contributed by atoms with Gasteiger partial charge in [0.2, 0.25) is 0 Å². The van der Waals surface area contributed by atoms with Crippen LogP contribution in [0.4, 0.5) is 0 Å². The van der Waals surface area contributed by atoms with Crippen molar-refractivity contribution in [2.75, 3.05) is 0 Å². The van der Waals surface area contributed by atoms with E-state index in [0.717, 1.165) is 24.0 Å². The van der Waals surface area contributed by atoms with E-state index >= 15 is 0 Å². The molecule has 2 aromatic rings. The maximum Gasteiger partial charge on any atom is 2.00 e. The predicted octanol–water partition coefficient (Wildman–Crippen LogP) is 7.63. The van der Waals surface area contributed by atoms with Crippen molar-refractivity contribution in [3.05, 3.63) is 58.7 Å². The minimum atomic E-state index is 0. The zero-order valence-corrected chi connectivity index (χ0v) is 24.2. The van der Waals surface area contributed by atoms with Crippen LogP contribution in [0.3, 0.4) is 0 Å². The average molecular weight is 491 g/mol. The van der Waals surface area contributed by atoms with E-state index in [4.69, 9.17) is 0 Å². The van der Waals surface area contributed by atoms with Crippen molar-refractivity contribution in [2.24, 2.45) is 0 Å². The molecule has 0 N–H and O–H groups in total. The Kier molecular flexibility index (Phi) is 18.0. The van der Waals surface area contributed by atoms with Gasteiger partial charge in [0.1, 0.15) is 0 Å². The Balaban J connectivity index is 0.00000578. The number of hydrogen-bond donors (Lipinski definition) is 0. The Hall–Kier alpha value is -0.700. The van der Waals surface area contributed by atoms with E-state index in [1.807, 2.05) is 24.3 Å². The Labute approximate surface area is 239 Å². The number of hydrogen-bond acceptors (Lipinski definition) is 2. The summed E-state index contributed by atoms with van der Waals surface area (Å²) in [6.07, 6.45) is 20.6. The third-order valence-corrected chi connectivity index (χ3v) is 6.77. The largest absolute Gasteiger partial charge is 2.00 e. The van der Waals surface area contributed by atoms with E-state index in [0.29, 0.717) is 6.42 Å². The van der Waals surface area contributed by atoms with Crippen LogP contribution in [0.2, 0.25) is 0 Å². The van der Waals surface area contributed by atoms with E-state index in [9.17, 15) is 10.2 Å². The van der Waals surface area contributed by atoms with E-state index in [1.165, 1.54) is 101 Å². The standard InChI is InChI=1S/C31H48O2.Ca/c1-3-5-7-9-11-13-15-17-26-19-21-30(32)28(23-26)25-29-24-27(20-22-31(29)33)18-16-14-12-10-8-6-4-2;/h19-24,32-33H,3-18,25H2,1-2H3;/q;+2/p-2. The molecule has 34 heavy (non-hydrogen) atoms. The van der Waals surface area contributed by atoms with Crippen molar-refractivity contribution in [2.45, 2.75) is 123 Å². The second kappa shape index (κ2) is 19.5. The van der Waals surface area contributed by atoms with Gasteiger partial charge in [0.15, 0.2) is 0 Å². The normalized spacial score (nSPS) is 10.9. The van der Waals surface area contributed by atoms with Gasteiger partial charge in [-0.15, -0.1) is 11.5 Å². The molecule has 3 heteroatoms. The Bertz CT molecular complexity index is 721. The third-order valence-electron chi connectivity index (χ3n) is 6.77. The second-order valence-corrected chi connectivity index (χ2v) is 9.80. The van der Waals surface area contributed by atoms with Gasteiger partial charge in [-0.25, -0.2) is 0 Å². The second-order valence-electron chi connectivity index (χ2n) is 9.80. The summed E-state index contributed by atoms with van der Waals surface area (Å²) in [6, 6.07) is 11.4. The molecule has 2 rings (SSSR count). The first-order chi connectivity index (χ1) is 16.1. The van der Waals surface area contributed by atoms with Crippen molar-refractivity contribution < 1.29 is 10.2 Å². The van der Waals surface area contributed by atoms with E-state index < -0.39 is 0 Å². The summed E-state index contributed by atoms with van der Waals surface area (Å²) in [4.78, 5) is 0. The predicted molar refractivity (Wildman–Crippen MR) is 144 cm³/mol. The molecule has 0 atom stereocenters. The van der Waals surface area contributed by atoms with Gasteiger partial charge < -0.3 is 10.2 Å². The van der Waals surface area contributed by atoms with E-state index in [1.54, 1.807) is 12.1 Å². The molecule has 0 aliphatic carbocycles. The van der Waals surface area contributed by atoms with Crippen molar-refractivity contribution in [3.63, 3.8) is 0 Å². The van der Waals surface area contributed by atoms with Crippen molar-refractivity contribution >= 4 is 37.7 Å². The quantitative estimate of drug-likeness (QED) is 0.159. The molecular formula is C31H46CaO2. The molecule has 0 aliphatic heterocycles. The van der Waals surface area contributed by atoms with Gasteiger partial charge in [-0.2, -0.15) is 0 Å². The van der Waals surface area contributed by atoms with E-state index in [-0.39, 0.29) is 49.2 Å². The zero-order chi connectivity index (χ0) is 23.7. The van der Waals surface area contributed by atoms with Crippen LogP contribution < -0.4 is 10.2 Å². The molecule has 0 aliphatic rings. The first-order valence-electron chi connectivity index (χ1n) is 13.7. The van der Waals surface area contributed by atoms with Gasteiger partial charge in [0.05, 0.1) is 0 Å². The van der Waals surface area contributed by atoms with Gasteiger partial charge >= 0.3 is 37.7 Å². The molecule has 0 saturated carbocycles. The molecule has 0 spiro atoms. The molecule has 0 radical (unpaired) electrons. The van der Waals surface area contributed by atoms with Gasteiger partial charge in [-0.05, 0) is 43.2 Å². The van der Waals surface area contributed by atoms with Gasteiger partial charge in [-0.3, -0.25) is 0 Å². The third kappa shape index (κ3) is 12.8. The molecule has 184 valence electrons. The maximum absolute atomic E-state index is 12.5. The first kappa shape index (κ1) is 31.3. The number of aryl methyl sites for hydroxylation is 2. The molecule has 2 nitrogen and oxygen atoms in total. The number of rotatable bonds is 18. The van der Waals surface area contributed by atoms with Crippen LogP contribution in [0.5, 0.6) is 11.5 Å². The van der Waals surface area contributed by atoms with Crippen molar-refractivity contribution in [3.8, 4) is 11.5 Å². The summed E-state index contributed by atoms with van der Waals surface area (Å²) in [5.74, 6) is 0.102. The summed E-state index contributed by atoms with van der Waals surface area (Å²) in [5.41, 5.74) is 3.98. The zero-order valence-electron chi connectivity index (χ0n) is 22.0. The van der Waals surface area contributed by atoms with Crippen LogP contribution in [0.1, 0.15) is 126 Å². The van der Waals surface area contributed by atoms with Crippen LogP contribution in [0.25, 0.3) is 0 Å². The summed E-state index contributed by atoms with van der Waals surface area (Å²) >= 11 is 0. The molecule has 0 saturated heterocycles. The molecule has 0 amide bonds. The Morgan fingerprint density at radius 3 is 1.24 bits per heavy atom. The van der Waals surface area contributed by atoms with Crippen LogP contribution in [0, 0.1) is 0 Å². The fourth-order valence-corrected chi connectivity index (χ4v) is 4.63. The number of benzene rings is 2. The molecule has 0 aromatic heterocycles. The van der Waals surface area contributed by atoms with Gasteiger partial charge in [-0.1, -0.05) is 138 Å². The molecular weight excluding hydrogens is 444 g/mol. The monoisotopic (exact) mass is 490 g/mol. The summed E-state index contributed by atoms with van der Waals surface area (Å²) in [7, 11) is 0. The summed E-state index contributed by atoms with van der Waals surface area (Å²) in [5, 5.41) is 24.9. The molecule has 0 bridgehead atoms. The maximum atomic E-state index is 12.5. The van der Waals surface area contributed by atoms with Gasteiger partial charge in [0, 0.05) is 0 Å². The first-order valence-corrected chi connectivity index (χ1v) is 13.7. The minimum absolute atomic E-state index is 0. The Morgan fingerprint density at radius 1 is 0.500 bits per heavy atom. The average Bonchev–Trinajstić information content (AvgIpc) is 2.81. The van der Waals surface area contributed by atoms with Gasteiger partial charge in [0.25, 0.3) is 0 Å². The Morgan fingerprint density at radius 2 is 0.853 bits per heavy atom. The van der Waals surface area contributed by atoms with Crippen molar-refractivity contribution in [1.82, 2.24) is 0 Å². The van der Waals surface area contributed by atoms with Crippen LogP contribution in [0.15, 0.2) is 36.4 Å². The molecule has 0 heterocycles. The minimum Gasteiger partial charge on any atom is -0.872 e. The summed E-state index contributed by atoms with van der Waals surface area (Å²) < 4.78 is 0. The van der Waals surface area contributed by atoms with Crippen molar-refractivity contribution in [1.29, 1.82) is 0 Å². The topological polar surface area (TPSA) is 46.1 Å². The fraction of sp³-hybridized carbons (Fsp3) is 0.613. The SMILES string of the molecule is CCCCCCCCCc1ccc([O-])c(Cc2cc(CCCCCCCCC)ccc2[O-])c1.[Ca+2]. The van der Waals surface area contributed by atoms with Crippen LogP contribution >= 0.6 is 0 Å². The number of unbranched alkanes of at least 4 members (excludes halogenated alkanes) is 12. The van der Waals surface area contributed by atoms with Crippen LogP contribution in [-0.2, 0) is 19.3 Å². The van der Waals surface area contributed by atoms with Crippen LogP contribution in [-0.4, -0.2) is 37.7 Å². The molecule has 0 fully saturated rings. The smallest absolute Gasteiger partial charge is 0.872 e. The molecule has 2 aromatic carbocycles. The van der Waals surface area contributed by atoms with E-state index in [2.05, 4.69) is 13.8 Å². The summed E-state index contributed by atoms with van der Waals surface area (Å²) in [6.45, 7) is 4.50.